The summed E-state index contributed by atoms with van der Waals surface area (Å²) in [5.41, 5.74) is 4.12. The second-order valence-corrected chi connectivity index (χ2v) is 7.36. The van der Waals surface area contributed by atoms with Gasteiger partial charge in [0.2, 0.25) is 0 Å². The normalized spacial score (nSPS) is 9.84. The maximum atomic E-state index is 8.00. The molecule has 8 heteroatoms. The fourth-order valence-corrected chi connectivity index (χ4v) is 4.20. The molecule has 164 valence electrons. The molecule has 0 saturated carbocycles. The van der Waals surface area contributed by atoms with Gasteiger partial charge in [0.25, 0.3) is 0 Å². The van der Waals surface area contributed by atoms with Gasteiger partial charge < -0.3 is 20.1 Å². The van der Waals surface area contributed by atoms with E-state index in [9.17, 15) is 0 Å². The number of aromatic nitrogens is 3. The van der Waals surface area contributed by atoms with Gasteiger partial charge in [-0.25, -0.2) is 4.99 Å². The fourth-order valence-electron chi connectivity index (χ4n) is 3.03. The van der Waals surface area contributed by atoms with E-state index in [-0.39, 0.29) is 7.43 Å². The Morgan fingerprint density at radius 3 is 2.65 bits per heavy atom. The average molecular weight is 439 g/mol. The summed E-state index contributed by atoms with van der Waals surface area (Å²) in [6.45, 7) is 7.09. The zero-order valence-corrected chi connectivity index (χ0v) is 17.9. The maximum Gasteiger partial charge on any atom is 0.146 e. The van der Waals surface area contributed by atoms with Crippen LogP contribution in [0.25, 0.3) is 0 Å². The fraction of sp³-hybridized carbons (Fsp3) is 0.261. The van der Waals surface area contributed by atoms with Crippen molar-refractivity contribution < 1.29 is 4.79 Å². The summed E-state index contributed by atoms with van der Waals surface area (Å²) in [5.74, 6) is 1.68. The number of nitrogens with one attached hydrogen (secondary N) is 2. The van der Waals surface area contributed by atoms with Gasteiger partial charge in [-0.05, 0) is 36.9 Å². The Balaban J connectivity index is 0.00000156. The number of hydrogen-bond acceptors (Lipinski definition) is 7. The van der Waals surface area contributed by atoms with Crippen LogP contribution in [0.3, 0.4) is 0 Å². The van der Waals surface area contributed by atoms with E-state index in [4.69, 9.17) is 10.2 Å². The maximum absolute atomic E-state index is 8.00. The molecule has 3 heterocycles. The van der Waals surface area contributed by atoms with Crippen LogP contribution in [-0.4, -0.2) is 40.0 Å². The molecule has 0 spiro atoms. The van der Waals surface area contributed by atoms with E-state index in [0.29, 0.717) is 6.54 Å². The van der Waals surface area contributed by atoms with Crippen molar-refractivity contribution in [3.63, 3.8) is 0 Å². The molecule has 3 aromatic rings. The van der Waals surface area contributed by atoms with E-state index in [1.54, 1.807) is 18.0 Å². The molecule has 7 nitrogen and oxygen atoms in total. The van der Waals surface area contributed by atoms with E-state index in [0.717, 1.165) is 51.9 Å². The summed E-state index contributed by atoms with van der Waals surface area (Å²) in [6, 6.07) is 9.92. The molecule has 0 aliphatic carbocycles. The highest BCUT2D eigenvalue weighted by Gasteiger charge is 2.19. The van der Waals surface area contributed by atoms with Gasteiger partial charge in [-0.1, -0.05) is 19.6 Å². The third kappa shape index (κ3) is 6.97. The highest BCUT2D eigenvalue weighted by molar-refractivity contribution is 7.99. The van der Waals surface area contributed by atoms with Gasteiger partial charge in [-0.3, -0.25) is 9.97 Å². The van der Waals surface area contributed by atoms with Crippen molar-refractivity contribution in [3.05, 3.63) is 71.4 Å². The van der Waals surface area contributed by atoms with Crippen LogP contribution in [0.4, 0.5) is 5.82 Å². The lowest BCUT2D eigenvalue weighted by Crippen LogP contribution is -2.16. The van der Waals surface area contributed by atoms with E-state index in [2.05, 4.69) is 27.0 Å². The van der Waals surface area contributed by atoms with Crippen LogP contribution >= 0.6 is 11.8 Å². The first kappa shape index (κ1) is 25.9. The lowest BCUT2D eigenvalue weighted by molar-refractivity contribution is -0.0979. The number of carbonyl (C=O) groups is 1. The lowest BCUT2D eigenvalue weighted by atomic mass is 10.2. The van der Waals surface area contributed by atoms with E-state index < -0.39 is 0 Å². The number of nitrogens with zero attached hydrogens (tertiary/aromatic N) is 4. The molecule has 0 atom stereocenters. The zero-order chi connectivity index (χ0) is 21.8. The summed E-state index contributed by atoms with van der Waals surface area (Å²) < 4.78 is 2.02. The standard InChI is InChI=1S/C21H24N6S.CH2O.CH4/c1-23-21-20(28-11-8-17-7-3-4-10-26-17)18(12-22)19(27(21)2)15-25-14-16-6-5-9-24-13-16;1-2;/h3-7,9-10,12-13,22,25H,1,8,11,14-15H2,2H3;1H2;1H4. The van der Waals surface area contributed by atoms with Crippen LogP contribution in [0, 0.1) is 5.41 Å². The number of carbonyl (C=O) groups excluding carboxylic acids is 1. The van der Waals surface area contributed by atoms with Crippen LogP contribution in [0.5, 0.6) is 0 Å². The minimum absolute atomic E-state index is 0. The van der Waals surface area contributed by atoms with Crippen molar-refractivity contribution in [2.75, 3.05) is 5.75 Å². The van der Waals surface area contributed by atoms with Crippen molar-refractivity contribution in [1.82, 2.24) is 19.9 Å². The summed E-state index contributed by atoms with van der Waals surface area (Å²) in [5, 5.41) is 11.4. The molecular formula is C23H30N6OS. The summed E-state index contributed by atoms with van der Waals surface area (Å²) in [6.07, 6.45) is 7.71. The van der Waals surface area contributed by atoms with Gasteiger partial charge in [0.1, 0.15) is 12.6 Å². The van der Waals surface area contributed by atoms with Crippen LogP contribution in [-0.2, 0) is 31.4 Å². The predicted molar refractivity (Wildman–Crippen MR) is 130 cm³/mol. The number of pyridine rings is 2. The van der Waals surface area contributed by atoms with Gasteiger partial charge >= 0.3 is 0 Å². The highest BCUT2D eigenvalue weighted by atomic mass is 32.2. The van der Waals surface area contributed by atoms with Crippen LogP contribution in [0.15, 0.2) is 58.8 Å². The quantitative estimate of drug-likeness (QED) is 0.365. The van der Waals surface area contributed by atoms with Gasteiger partial charge in [0.05, 0.1) is 4.90 Å². The number of aliphatic imine (C=N–C) groups is 1. The first-order chi connectivity index (χ1) is 14.7. The smallest absolute Gasteiger partial charge is 0.146 e. The SMILES string of the molecule is C.C=Nc1c(SCCc2ccccn2)c(C=N)c(CNCc2cccnc2)n1C.C=O. The molecule has 0 radical (unpaired) electrons. The molecule has 3 aromatic heterocycles. The number of aryl methyl sites for hydroxylation is 1. The molecule has 0 aliphatic heterocycles. The van der Waals surface area contributed by atoms with Gasteiger partial charge in [0, 0.05) is 67.6 Å². The van der Waals surface area contributed by atoms with Crippen LogP contribution in [0.2, 0.25) is 0 Å². The predicted octanol–water partition coefficient (Wildman–Crippen LogP) is 4.22. The van der Waals surface area contributed by atoms with Gasteiger partial charge in [-0.15, -0.1) is 11.8 Å². The molecule has 0 bridgehead atoms. The number of rotatable bonds is 10. The third-order valence-corrected chi connectivity index (χ3v) is 5.55. The lowest BCUT2D eigenvalue weighted by Gasteiger charge is -2.08. The van der Waals surface area contributed by atoms with Crippen LogP contribution in [0.1, 0.15) is 29.9 Å². The molecular weight excluding hydrogens is 408 g/mol. The van der Waals surface area contributed by atoms with E-state index >= 15 is 0 Å². The number of hydrogen-bond donors (Lipinski definition) is 2. The molecule has 3 rings (SSSR count). The molecule has 0 amide bonds. The van der Waals surface area contributed by atoms with Crippen molar-refractivity contribution in [2.24, 2.45) is 12.0 Å². The Hall–Kier alpha value is -3.10. The average Bonchev–Trinajstić information content (AvgIpc) is 3.06. The first-order valence-corrected chi connectivity index (χ1v) is 10.3. The van der Waals surface area contributed by atoms with E-state index in [1.165, 1.54) is 6.21 Å². The monoisotopic (exact) mass is 438 g/mol. The second kappa shape index (κ2) is 14.0. The molecule has 0 aliphatic rings. The molecule has 0 aromatic carbocycles. The molecule has 0 fully saturated rings. The van der Waals surface area contributed by atoms with Crippen molar-refractivity contribution in [1.29, 1.82) is 5.41 Å². The highest BCUT2D eigenvalue weighted by Crippen LogP contribution is 2.36. The zero-order valence-electron chi connectivity index (χ0n) is 17.0. The van der Waals surface area contributed by atoms with Crippen LogP contribution < -0.4 is 5.32 Å². The Bertz CT molecular complexity index is 944. The molecule has 31 heavy (non-hydrogen) atoms. The largest absolute Gasteiger partial charge is 0.330 e. The summed E-state index contributed by atoms with van der Waals surface area (Å²) >= 11 is 1.70. The second-order valence-electron chi connectivity index (χ2n) is 6.26. The Morgan fingerprint density at radius 1 is 1.23 bits per heavy atom. The molecule has 0 saturated heterocycles. The van der Waals surface area contributed by atoms with Crippen molar-refractivity contribution in [2.45, 2.75) is 31.8 Å². The third-order valence-electron chi connectivity index (χ3n) is 4.45. The van der Waals surface area contributed by atoms with E-state index in [1.807, 2.05) is 61.1 Å². The minimum Gasteiger partial charge on any atom is -0.330 e. The van der Waals surface area contributed by atoms with Crippen molar-refractivity contribution in [3.8, 4) is 0 Å². The van der Waals surface area contributed by atoms with Gasteiger partial charge in [0.15, 0.2) is 0 Å². The Morgan fingerprint density at radius 2 is 2.03 bits per heavy atom. The van der Waals surface area contributed by atoms with Gasteiger partial charge in [-0.2, -0.15) is 0 Å². The Kier molecular flexibility index (Phi) is 11.7. The summed E-state index contributed by atoms with van der Waals surface area (Å²) in [7, 11) is 1.97. The molecule has 2 N–H and O–H groups in total. The van der Waals surface area contributed by atoms with Crippen molar-refractivity contribution >= 4 is 37.3 Å². The number of thioether (sulfide) groups is 1. The first-order valence-electron chi connectivity index (χ1n) is 9.34. The Labute approximate surface area is 188 Å². The topological polar surface area (TPSA) is 96.0 Å². The summed E-state index contributed by atoms with van der Waals surface area (Å²) in [4.78, 5) is 21.7. The molecule has 0 unspecified atom stereocenters. The minimum atomic E-state index is 0.